The summed E-state index contributed by atoms with van der Waals surface area (Å²) in [5, 5.41) is 9.77. The normalized spacial score (nSPS) is 11.5. The topological polar surface area (TPSA) is 68.0 Å². The molecular weight excluding hydrogens is 385 g/mol. The average Bonchev–Trinajstić information content (AvgIpc) is 3.12. The van der Waals surface area contributed by atoms with E-state index in [2.05, 4.69) is 15.5 Å². The average molecular weight is 397 g/mol. The van der Waals surface area contributed by atoms with Crippen LogP contribution >= 0.6 is 0 Å². The summed E-state index contributed by atoms with van der Waals surface area (Å²) in [6.45, 7) is 0. The van der Waals surface area contributed by atoms with E-state index in [0.29, 0.717) is 0 Å². The van der Waals surface area contributed by atoms with E-state index in [1.165, 1.54) is 18.2 Å². The minimum Gasteiger partial charge on any atom is -0.421 e. The molecule has 0 saturated carbocycles. The van der Waals surface area contributed by atoms with E-state index in [1.807, 2.05) is 0 Å². The molecule has 0 bridgehead atoms. The zero-order valence-electron chi connectivity index (χ0n) is 14.1. The van der Waals surface area contributed by atoms with Crippen LogP contribution in [0.15, 0.2) is 46.9 Å². The van der Waals surface area contributed by atoms with Gasteiger partial charge in [0.05, 0.1) is 5.56 Å². The third-order valence-corrected chi connectivity index (χ3v) is 3.67. The largest absolute Gasteiger partial charge is 0.421 e. The van der Waals surface area contributed by atoms with Gasteiger partial charge < -0.3 is 9.73 Å². The van der Waals surface area contributed by atoms with Crippen molar-refractivity contribution < 1.29 is 31.2 Å². The van der Waals surface area contributed by atoms with Crippen LogP contribution in [0.25, 0.3) is 11.5 Å². The molecule has 0 aliphatic heterocycles. The van der Waals surface area contributed by atoms with Crippen molar-refractivity contribution in [2.24, 2.45) is 0 Å². The maximum Gasteiger partial charge on any atom is 0.416 e. The number of amides is 1. The molecule has 5 nitrogen and oxygen atoms in total. The molecule has 1 heterocycles. The number of rotatable bonds is 5. The molecule has 28 heavy (non-hydrogen) atoms. The zero-order valence-corrected chi connectivity index (χ0v) is 14.1. The van der Waals surface area contributed by atoms with Crippen molar-refractivity contribution in [3.8, 4) is 11.5 Å². The summed E-state index contributed by atoms with van der Waals surface area (Å²) in [6, 6.07) is 7.33. The van der Waals surface area contributed by atoms with E-state index in [1.54, 1.807) is 0 Å². The second-order valence-corrected chi connectivity index (χ2v) is 5.76. The van der Waals surface area contributed by atoms with Crippen LogP contribution in [0.3, 0.4) is 0 Å². The first kappa shape index (κ1) is 19.5. The third-order valence-electron chi connectivity index (χ3n) is 3.67. The molecule has 0 spiro atoms. The van der Waals surface area contributed by atoms with Crippen molar-refractivity contribution in [1.29, 1.82) is 0 Å². The molecule has 0 fully saturated rings. The molecule has 1 amide bonds. The van der Waals surface area contributed by atoms with Gasteiger partial charge in [-0.1, -0.05) is 6.07 Å². The van der Waals surface area contributed by atoms with Gasteiger partial charge in [0.25, 0.3) is 0 Å². The van der Waals surface area contributed by atoms with Crippen molar-refractivity contribution in [3.05, 3.63) is 65.6 Å². The van der Waals surface area contributed by atoms with E-state index in [9.17, 15) is 26.7 Å². The van der Waals surface area contributed by atoms with Gasteiger partial charge in [-0.2, -0.15) is 13.2 Å². The van der Waals surface area contributed by atoms with Crippen LogP contribution in [0.5, 0.6) is 0 Å². The highest BCUT2D eigenvalue weighted by atomic mass is 19.4. The van der Waals surface area contributed by atoms with Crippen molar-refractivity contribution in [3.63, 3.8) is 0 Å². The lowest BCUT2D eigenvalue weighted by molar-refractivity contribution is -0.137. The molecule has 146 valence electrons. The van der Waals surface area contributed by atoms with Gasteiger partial charge in [0.1, 0.15) is 0 Å². The number of aromatic nitrogens is 2. The summed E-state index contributed by atoms with van der Waals surface area (Å²) in [4.78, 5) is 11.9. The molecule has 1 N–H and O–H groups in total. The molecule has 1 aromatic heterocycles. The molecule has 0 saturated heterocycles. The monoisotopic (exact) mass is 397 g/mol. The fraction of sp³-hybridized carbons (Fsp3) is 0.167. The van der Waals surface area contributed by atoms with Gasteiger partial charge in [-0.25, -0.2) is 8.78 Å². The van der Waals surface area contributed by atoms with Crippen molar-refractivity contribution in [2.45, 2.75) is 19.0 Å². The number of nitrogens with zero attached hydrogens (tertiary/aromatic N) is 2. The lowest BCUT2D eigenvalue weighted by atomic mass is 10.1. The maximum absolute atomic E-state index is 13.1. The van der Waals surface area contributed by atoms with Gasteiger partial charge in [0.15, 0.2) is 11.6 Å². The first-order valence-corrected chi connectivity index (χ1v) is 7.97. The second kappa shape index (κ2) is 7.75. The van der Waals surface area contributed by atoms with Crippen LogP contribution in [0, 0.1) is 11.6 Å². The Morgan fingerprint density at radius 3 is 2.54 bits per heavy atom. The van der Waals surface area contributed by atoms with Gasteiger partial charge in [-0.3, -0.25) is 4.79 Å². The summed E-state index contributed by atoms with van der Waals surface area (Å²) in [5.74, 6) is -2.70. The number of anilines is 1. The van der Waals surface area contributed by atoms with Crippen LogP contribution < -0.4 is 5.32 Å². The molecule has 3 aromatic rings. The quantitative estimate of drug-likeness (QED) is 0.639. The van der Waals surface area contributed by atoms with Crippen molar-refractivity contribution in [2.75, 3.05) is 5.32 Å². The predicted molar refractivity (Wildman–Crippen MR) is 88.0 cm³/mol. The first-order chi connectivity index (χ1) is 13.2. The Hall–Kier alpha value is -3.30. The van der Waals surface area contributed by atoms with E-state index >= 15 is 0 Å². The van der Waals surface area contributed by atoms with Crippen LogP contribution in [-0.2, 0) is 17.4 Å². The number of nitrogens with one attached hydrogen (secondary N) is 1. The highest BCUT2D eigenvalue weighted by Gasteiger charge is 2.30. The molecule has 0 unspecified atom stereocenters. The lowest BCUT2D eigenvalue weighted by Crippen LogP contribution is -2.12. The number of hydrogen-bond acceptors (Lipinski definition) is 4. The molecule has 0 aliphatic carbocycles. The molecule has 2 aromatic carbocycles. The van der Waals surface area contributed by atoms with Crippen LogP contribution in [0.2, 0.25) is 0 Å². The highest BCUT2D eigenvalue weighted by Crippen LogP contribution is 2.31. The van der Waals surface area contributed by atoms with Gasteiger partial charge in [0.2, 0.25) is 17.7 Å². The lowest BCUT2D eigenvalue weighted by Gasteiger charge is -2.06. The van der Waals surface area contributed by atoms with Crippen molar-refractivity contribution in [1.82, 2.24) is 10.2 Å². The fourth-order valence-corrected chi connectivity index (χ4v) is 2.32. The predicted octanol–water partition coefficient (Wildman–Crippen LogP) is 4.60. The van der Waals surface area contributed by atoms with E-state index in [0.717, 1.165) is 24.3 Å². The number of carbonyl (C=O) groups excluding carboxylic acids is 1. The Kier molecular flexibility index (Phi) is 5.39. The minimum atomic E-state index is -4.50. The Morgan fingerprint density at radius 1 is 1.04 bits per heavy atom. The summed E-state index contributed by atoms with van der Waals surface area (Å²) in [7, 11) is 0. The van der Waals surface area contributed by atoms with Crippen LogP contribution in [-0.4, -0.2) is 16.1 Å². The van der Waals surface area contributed by atoms with Gasteiger partial charge >= 0.3 is 6.18 Å². The van der Waals surface area contributed by atoms with Gasteiger partial charge in [-0.05, 0) is 30.3 Å². The first-order valence-electron chi connectivity index (χ1n) is 7.97. The number of benzene rings is 2. The Morgan fingerprint density at radius 2 is 1.82 bits per heavy atom. The number of aryl methyl sites for hydroxylation is 1. The summed E-state index contributed by atoms with van der Waals surface area (Å²) in [5.41, 5.74) is -0.672. The highest BCUT2D eigenvalue weighted by molar-refractivity contribution is 5.90. The van der Waals surface area contributed by atoms with E-state index in [4.69, 9.17) is 4.42 Å². The minimum absolute atomic E-state index is 0.0153. The molecule has 0 aliphatic rings. The number of hydrogen-bond donors (Lipinski definition) is 1. The zero-order chi connectivity index (χ0) is 20.3. The van der Waals surface area contributed by atoms with Crippen molar-refractivity contribution >= 4 is 11.6 Å². The second-order valence-electron chi connectivity index (χ2n) is 5.76. The molecule has 10 heteroatoms. The SMILES string of the molecule is O=C(CCc1nnc(-c2cccc(C(F)(F)F)c2)o1)Nc1ccc(F)c(F)c1. The molecule has 0 radical (unpaired) electrons. The van der Waals surface area contributed by atoms with E-state index in [-0.39, 0.29) is 35.9 Å². The molecule has 3 rings (SSSR count). The number of alkyl halides is 3. The van der Waals surface area contributed by atoms with Crippen LogP contribution in [0.4, 0.5) is 27.6 Å². The standard InChI is InChI=1S/C18H12F5N3O2/c19-13-5-4-12(9-14(13)20)24-15(27)6-7-16-25-26-17(28-16)10-2-1-3-11(8-10)18(21,22)23/h1-5,8-9H,6-7H2,(H,24,27). The van der Waals surface area contributed by atoms with Gasteiger partial charge in [0, 0.05) is 30.2 Å². The number of halogens is 5. The summed E-state index contributed by atoms with van der Waals surface area (Å²) < 4.78 is 69.6. The Bertz CT molecular complexity index is 1000. The smallest absolute Gasteiger partial charge is 0.416 e. The number of carbonyl (C=O) groups is 1. The van der Waals surface area contributed by atoms with Gasteiger partial charge in [-0.15, -0.1) is 10.2 Å². The van der Waals surface area contributed by atoms with Crippen LogP contribution in [0.1, 0.15) is 17.9 Å². The molecular formula is C18H12F5N3O2. The maximum atomic E-state index is 13.1. The fourth-order valence-electron chi connectivity index (χ4n) is 2.32. The summed E-state index contributed by atoms with van der Waals surface area (Å²) in [6.07, 6.45) is -4.60. The summed E-state index contributed by atoms with van der Waals surface area (Å²) >= 11 is 0. The Labute approximate surface area is 155 Å². The Balaban J connectivity index is 1.62. The molecule has 0 atom stereocenters. The third kappa shape index (κ3) is 4.70. The van der Waals surface area contributed by atoms with E-state index < -0.39 is 29.3 Å².